The lowest BCUT2D eigenvalue weighted by Crippen LogP contribution is -2.32. The zero-order chi connectivity index (χ0) is 20.4. The molecule has 2 N–H and O–H groups in total. The van der Waals surface area contributed by atoms with Gasteiger partial charge in [-0.1, -0.05) is 44.5 Å². The van der Waals surface area contributed by atoms with Gasteiger partial charge in [0, 0.05) is 5.69 Å². The van der Waals surface area contributed by atoms with E-state index in [1.807, 2.05) is 26.8 Å². The molecule has 0 fully saturated rings. The topological polar surface area (TPSA) is 50.4 Å². The van der Waals surface area contributed by atoms with Crippen molar-refractivity contribution in [2.24, 2.45) is 0 Å². The molecule has 1 atom stereocenters. The summed E-state index contributed by atoms with van der Waals surface area (Å²) >= 11 is 0. The van der Waals surface area contributed by atoms with Crippen molar-refractivity contribution >= 4 is 17.3 Å². The molecule has 0 unspecified atom stereocenters. The number of hydrogen-bond acceptors (Lipinski definition) is 3. The fraction of sp³-hybridized carbons (Fsp3) is 0.435. The molecule has 0 saturated heterocycles. The number of carbonyl (C=O) groups is 1. The first-order valence-corrected chi connectivity index (χ1v) is 9.36. The zero-order valence-electron chi connectivity index (χ0n) is 17.8. The number of methoxy groups -OCH3 is 1. The van der Waals surface area contributed by atoms with Crippen LogP contribution in [-0.2, 0) is 10.2 Å². The van der Waals surface area contributed by atoms with Gasteiger partial charge in [0.1, 0.15) is 11.8 Å². The second-order valence-corrected chi connectivity index (χ2v) is 8.29. The van der Waals surface area contributed by atoms with Gasteiger partial charge in [-0.3, -0.25) is 4.79 Å². The number of benzene rings is 2. The van der Waals surface area contributed by atoms with Crippen molar-refractivity contribution in [3.8, 4) is 5.75 Å². The highest BCUT2D eigenvalue weighted by molar-refractivity contribution is 5.97. The summed E-state index contributed by atoms with van der Waals surface area (Å²) in [4.78, 5) is 12.8. The van der Waals surface area contributed by atoms with Gasteiger partial charge in [-0.05, 0) is 61.9 Å². The van der Waals surface area contributed by atoms with Crippen LogP contribution in [0.25, 0.3) is 0 Å². The first-order chi connectivity index (χ1) is 12.5. The highest BCUT2D eigenvalue weighted by Crippen LogP contribution is 2.32. The molecule has 0 spiro atoms. The van der Waals surface area contributed by atoms with E-state index < -0.39 is 6.04 Å². The number of rotatable bonds is 5. The number of nitrogens with one attached hydrogen (secondary N) is 2. The maximum atomic E-state index is 12.8. The van der Waals surface area contributed by atoms with Crippen LogP contribution in [0.2, 0.25) is 0 Å². The second kappa shape index (κ2) is 8.03. The van der Waals surface area contributed by atoms with Crippen LogP contribution in [0.1, 0.15) is 49.9 Å². The smallest absolute Gasteiger partial charge is 0.246 e. The summed E-state index contributed by atoms with van der Waals surface area (Å²) in [6, 6.07) is 9.82. The maximum Gasteiger partial charge on any atom is 0.246 e. The van der Waals surface area contributed by atoms with Crippen molar-refractivity contribution in [2.75, 3.05) is 17.7 Å². The second-order valence-electron chi connectivity index (χ2n) is 8.29. The molecule has 146 valence electrons. The fourth-order valence-corrected chi connectivity index (χ4v) is 3.19. The molecule has 2 rings (SSSR count). The Bertz CT molecular complexity index is 812. The van der Waals surface area contributed by atoms with Crippen LogP contribution in [0, 0.1) is 20.8 Å². The highest BCUT2D eigenvalue weighted by Gasteiger charge is 2.20. The quantitative estimate of drug-likeness (QED) is 0.747. The molecular formula is C23H32N2O2. The van der Waals surface area contributed by atoms with Gasteiger partial charge >= 0.3 is 0 Å². The van der Waals surface area contributed by atoms with E-state index in [0.29, 0.717) is 0 Å². The van der Waals surface area contributed by atoms with Gasteiger partial charge in [0.2, 0.25) is 5.91 Å². The Hall–Kier alpha value is -2.49. The minimum Gasteiger partial charge on any atom is -0.495 e. The Morgan fingerprint density at radius 3 is 2.15 bits per heavy atom. The zero-order valence-corrected chi connectivity index (χ0v) is 17.8. The summed E-state index contributed by atoms with van der Waals surface area (Å²) in [5, 5.41) is 6.37. The van der Waals surface area contributed by atoms with Crippen LogP contribution in [-0.4, -0.2) is 19.1 Å². The molecule has 27 heavy (non-hydrogen) atoms. The van der Waals surface area contributed by atoms with Gasteiger partial charge in [0.05, 0.1) is 12.8 Å². The Kier molecular flexibility index (Phi) is 6.19. The van der Waals surface area contributed by atoms with E-state index >= 15 is 0 Å². The number of carbonyl (C=O) groups excluding carboxylic acids is 1. The van der Waals surface area contributed by atoms with Crippen LogP contribution in [0.3, 0.4) is 0 Å². The minimum atomic E-state index is -0.408. The van der Waals surface area contributed by atoms with Crippen molar-refractivity contribution in [1.29, 1.82) is 0 Å². The molecule has 0 aliphatic heterocycles. The number of aryl methyl sites for hydroxylation is 3. The Morgan fingerprint density at radius 1 is 1.04 bits per heavy atom. The summed E-state index contributed by atoms with van der Waals surface area (Å²) in [6.45, 7) is 14.4. The third-order valence-electron chi connectivity index (χ3n) is 4.76. The number of ether oxygens (including phenoxy) is 1. The van der Waals surface area contributed by atoms with E-state index in [-0.39, 0.29) is 11.3 Å². The molecule has 0 aliphatic carbocycles. The molecule has 2 aromatic rings. The third kappa shape index (κ3) is 5.03. The van der Waals surface area contributed by atoms with Gasteiger partial charge in [-0.2, -0.15) is 0 Å². The van der Waals surface area contributed by atoms with Gasteiger partial charge < -0.3 is 15.4 Å². The molecule has 1 amide bonds. The number of anilines is 2. The van der Waals surface area contributed by atoms with E-state index in [0.717, 1.165) is 28.3 Å². The minimum absolute atomic E-state index is 0.0182. The Labute approximate surface area is 163 Å². The fourth-order valence-electron chi connectivity index (χ4n) is 3.19. The molecule has 4 nitrogen and oxygen atoms in total. The predicted octanol–water partition coefficient (Wildman–Crippen LogP) is 5.36. The largest absolute Gasteiger partial charge is 0.495 e. The molecule has 0 bridgehead atoms. The van der Waals surface area contributed by atoms with Crippen LogP contribution in [0.4, 0.5) is 11.4 Å². The first-order valence-electron chi connectivity index (χ1n) is 9.36. The van der Waals surface area contributed by atoms with Gasteiger partial charge in [-0.25, -0.2) is 0 Å². The Balaban J connectivity index is 2.22. The molecule has 0 heterocycles. The molecular weight excluding hydrogens is 336 g/mol. The van der Waals surface area contributed by atoms with Crippen molar-refractivity contribution in [3.63, 3.8) is 0 Å². The van der Waals surface area contributed by atoms with Crippen LogP contribution in [0.15, 0.2) is 30.3 Å². The average molecular weight is 369 g/mol. The van der Waals surface area contributed by atoms with Gasteiger partial charge in [0.15, 0.2) is 0 Å². The van der Waals surface area contributed by atoms with E-state index in [2.05, 4.69) is 62.6 Å². The van der Waals surface area contributed by atoms with E-state index in [1.165, 1.54) is 11.1 Å². The van der Waals surface area contributed by atoms with E-state index in [1.54, 1.807) is 7.11 Å². The monoisotopic (exact) mass is 368 g/mol. The molecule has 4 heteroatoms. The highest BCUT2D eigenvalue weighted by atomic mass is 16.5. The molecule has 0 saturated carbocycles. The Morgan fingerprint density at radius 2 is 1.63 bits per heavy atom. The third-order valence-corrected chi connectivity index (χ3v) is 4.76. The molecule has 0 aliphatic rings. The lowest BCUT2D eigenvalue weighted by molar-refractivity contribution is -0.116. The standard InChI is InChI=1S/C23H32N2O2/c1-14-11-15(2)21(16(3)12-14)25-22(26)17(4)24-19-13-18(23(5,6)7)9-10-20(19)27-8/h9-13,17,24H,1-8H3,(H,25,26)/t17-/m1/s1. The molecule has 2 aromatic carbocycles. The molecule has 0 radical (unpaired) electrons. The summed E-state index contributed by atoms with van der Waals surface area (Å²) in [7, 11) is 1.64. The summed E-state index contributed by atoms with van der Waals surface area (Å²) in [5.74, 6) is 0.651. The summed E-state index contributed by atoms with van der Waals surface area (Å²) in [6.07, 6.45) is 0. The van der Waals surface area contributed by atoms with Gasteiger partial charge in [-0.15, -0.1) is 0 Å². The predicted molar refractivity (Wildman–Crippen MR) is 114 cm³/mol. The first kappa shape index (κ1) is 20.8. The van der Waals surface area contributed by atoms with Crippen molar-refractivity contribution in [1.82, 2.24) is 0 Å². The summed E-state index contributed by atoms with van der Waals surface area (Å²) < 4.78 is 5.47. The van der Waals surface area contributed by atoms with Gasteiger partial charge in [0.25, 0.3) is 0 Å². The average Bonchev–Trinajstić information content (AvgIpc) is 2.56. The summed E-state index contributed by atoms with van der Waals surface area (Å²) in [5.41, 5.74) is 6.24. The maximum absolute atomic E-state index is 12.8. The van der Waals surface area contributed by atoms with Crippen LogP contribution < -0.4 is 15.4 Å². The molecule has 0 aromatic heterocycles. The van der Waals surface area contributed by atoms with E-state index in [9.17, 15) is 4.79 Å². The van der Waals surface area contributed by atoms with Crippen molar-refractivity contribution in [3.05, 3.63) is 52.6 Å². The van der Waals surface area contributed by atoms with E-state index in [4.69, 9.17) is 4.74 Å². The number of amides is 1. The SMILES string of the molecule is COc1ccc(C(C)(C)C)cc1N[C@H](C)C(=O)Nc1c(C)cc(C)cc1C. The number of hydrogen-bond donors (Lipinski definition) is 2. The lowest BCUT2D eigenvalue weighted by atomic mass is 9.86. The van der Waals surface area contributed by atoms with Crippen molar-refractivity contribution in [2.45, 2.75) is 59.9 Å². The van der Waals surface area contributed by atoms with Crippen molar-refractivity contribution < 1.29 is 9.53 Å². The van der Waals surface area contributed by atoms with Crippen LogP contribution >= 0.6 is 0 Å². The normalized spacial score (nSPS) is 12.4. The van der Waals surface area contributed by atoms with Crippen LogP contribution in [0.5, 0.6) is 5.75 Å². The lowest BCUT2D eigenvalue weighted by Gasteiger charge is -2.23.